The molecule has 0 bridgehead atoms. The first-order valence-corrected chi connectivity index (χ1v) is 6.79. The van der Waals surface area contributed by atoms with E-state index < -0.39 is 0 Å². The van der Waals surface area contributed by atoms with Crippen molar-refractivity contribution in [2.45, 2.75) is 6.42 Å². The highest BCUT2D eigenvalue weighted by molar-refractivity contribution is 5.88. The summed E-state index contributed by atoms with van der Waals surface area (Å²) >= 11 is 0. The van der Waals surface area contributed by atoms with E-state index >= 15 is 0 Å². The van der Waals surface area contributed by atoms with E-state index in [0.717, 1.165) is 35.7 Å². The van der Waals surface area contributed by atoms with E-state index in [0.29, 0.717) is 12.3 Å². The average molecular weight is 282 g/mol. The molecule has 21 heavy (non-hydrogen) atoms. The Morgan fingerprint density at radius 2 is 2.14 bits per heavy atom. The van der Waals surface area contributed by atoms with Gasteiger partial charge in [0.05, 0.1) is 18.6 Å². The zero-order valence-electron chi connectivity index (χ0n) is 11.3. The van der Waals surface area contributed by atoms with Gasteiger partial charge in [0, 0.05) is 6.54 Å². The van der Waals surface area contributed by atoms with E-state index in [1.54, 1.807) is 6.33 Å². The van der Waals surface area contributed by atoms with Crippen molar-refractivity contribution in [2.75, 3.05) is 23.8 Å². The summed E-state index contributed by atoms with van der Waals surface area (Å²) in [5.41, 5.74) is 8.14. The second-order valence-corrected chi connectivity index (χ2v) is 4.83. The van der Waals surface area contributed by atoms with Crippen LogP contribution in [-0.4, -0.2) is 33.1 Å². The normalized spacial score (nSPS) is 14.6. The van der Waals surface area contributed by atoms with Gasteiger partial charge >= 0.3 is 0 Å². The number of nitrogens with one attached hydrogen (secondary N) is 1. The number of para-hydroxylation sites is 2. The summed E-state index contributed by atoms with van der Waals surface area (Å²) in [6.45, 7) is 1.47. The van der Waals surface area contributed by atoms with Crippen molar-refractivity contribution in [2.24, 2.45) is 0 Å². The Bertz CT molecular complexity index is 799. The van der Waals surface area contributed by atoms with Crippen LogP contribution < -0.4 is 15.4 Å². The number of anilines is 3. The standard InChI is InChI=1S/C14H14N6O/c15-14-18-12-11(16-8-17-12)13(19-14)20-6-3-7-21-10-5-2-1-4-9(10)20/h1-2,4-5,8H,3,6-7H2,(H3,15,16,17,18,19). The van der Waals surface area contributed by atoms with Gasteiger partial charge in [0.1, 0.15) is 11.3 Å². The van der Waals surface area contributed by atoms with Gasteiger partial charge in [-0.25, -0.2) is 4.98 Å². The molecule has 1 aliphatic heterocycles. The average Bonchev–Trinajstić information content (AvgIpc) is 2.85. The van der Waals surface area contributed by atoms with Gasteiger partial charge in [-0.2, -0.15) is 9.97 Å². The monoisotopic (exact) mass is 282 g/mol. The van der Waals surface area contributed by atoms with E-state index in [9.17, 15) is 0 Å². The molecule has 0 atom stereocenters. The van der Waals surface area contributed by atoms with Crippen LogP contribution in [0.5, 0.6) is 5.75 Å². The fraction of sp³-hybridized carbons (Fsp3) is 0.214. The Morgan fingerprint density at radius 3 is 3.10 bits per heavy atom. The lowest BCUT2D eigenvalue weighted by atomic mass is 10.2. The van der Waals surface area contributed by atoms with Crippen molar-refractivity contribution >= 4 is 28.6 Å². The molecule has 4 rings (SSSR count). The molecule has 0 saturated heterocycles. The number of ether oxygens (including phenoxy) is 1. The fourth-order valence-electron chi connectivity index (χ4n) is 2.58. The lowest BCUT2D eigenvalue weighted by Gasteiger charge is -2.23. The van der Waals surface area contributed by atoms with Gasteiger partial charge < -0.3 is 20.4 Å². The Labute approximate surface area is 120 Å². The first kappa shape index (κ1) is 12.0. The summed E-state index contributed by atoms with van der Waals surface area (Å²) in [6.07, 6.45) is 2.50. The molecule has 2 aromatic heterocycles. The summed E-state index contributed by atoms with van der Waals surface area (Å²) in [4.78, 5) is 17.9. The van der Waals surface area contributed by atoms with Gasteiger partial charge in [-0.15, -0.1) is 0 Å². The van der Waals surface area contributed by atoms with Crippen LogP contribution in [0.4, 0.5) is 17.5 Å². The zero-order valence-corrected chi connectivity index (χ0v) is 11.3. The molecule has 3 aromatic rings. The maximum absolute atomic E-state index is 5.82. The van der Waals surface area contributed by atoms with Crippen molar-refractivity contribution in [3.8, 4) is 5.75 Å². The van der Waals surface area contributed by atoms with Crippen LogP contribution in [-0.2, 0) is 0 Å². The first-order valence-electron chi connectivity index (χ1n) is 6.79. The fourth-order valence-corrected chi connectivity index (χ4v) is 2.58. The number of hydrogen-bond donors (Lipinski definition) is 2. The molecule has 1 aliphatic rings. The van der Waals surface area contributed by atoms with Crippen LogP contribution >= 0.6 is 0 Å². The molecule has 1 aromatic carbocycles. The van der Waals surface area contributed by atoms with E-state index in [-0.39, 0.29) is 5.95 Å². The molecule has 0 unspecified atom stereocenters. The third-order valence-corrected chi connectivity index (χ3v) is 3.48. The largest absolute Gasteiger partial charge is 0.491 e. The summed E-state index contributed by atoms with van der Waals surface area (Å²) in [5, 5.41) is 0. The highest BCUT2D eigenvalue weighted by atomic mass is 16.5. The second-order valence-electron chi connectivity index (χ2n) is 4.83. The van der Waals surface area contributed by atoms with Crippen molar-refractivity contribution in [3.63, 3.8) is 0 Å². The molecular formula is C14H14N6O. The van der Waals surface area contributed by atoms with E-state index in [4.69, 9.17) is 10.5 Å². The molecule has 0 spiro atoms. The number of benzene rings is 1. The molecule has 0 saturated carbocycles. The third kappa shape index (κ3) is 1.94. The highest BCUT2D eigenvalue weighted by Crippen LogP contribution is 2.37. The maximum Gasteiger partial charge on any atom is 0.224 e. The van der Waals surface area contributed by atoms with Crippen LogP contribution in [0.1, 0.15) is 6.42 Å². The van der Waals surface area contributed by atoms with Crippen molar-refractivity contribution in [1.29, 1.82) is 0 Å². The zero-order chi connectivity index (χ0) is 14.2. The van der Waals surface area contributed by atoms with Crippen LogP contribution in [0.15, 0.2) is 30.6 Å². The van der Waals surface area contributed by atoms with Gasteiger partial charge in [-0.05, 0) is 18.6 Å². The van der Waals surface area contributed by atoms with Crippen LogP contribution in [0.3, 0.4) is 0 Å². The van der Waals surface area contributed by atoms with Crippen LogP contribution in [0.2, 0.25) is 0 Å². The molecule has 0 amide bonds. The van der Waals surface area contributed by atoms with Crippen LogP contribution in [0, 0.1) is 0 Å². The molecule has 7 nitrogen and oxygen atoms in total. The number of imidazole rings is 1. The van der Waals surface area contributed by atoms with Crippen LogP contribution in [0.25, 0.3) is 11.2 Å². The molecule has 3 N–H and O–H groups in total. The number of H-pyrrole nitrogens is 1. The van der Waals surface area contributed by atoms with Gasteiger partial charge in [0.15, 0.2) is 11.5 Å². The topological polar surface area (TPSA) is 92.9 Å². The van der Waals surface area contributed by atoms with Gasteiger partial charge in [0.25, 0.3) is 0 Å². The SMILES string of the molecule is Nc1nc(N2CCCOc3ccccc32)c2[nH]cnc2n1. The Balaban J connectivity index is 1.94. The predicted octanol–water partition coefficient (Wildman–Crippen LogP) is 1.86. The highest BCUT2D eigenvalue weighted by Gasteiger charge is 2.22. The summed E-state index contributed by atoms with van der Waals surface area (Å²) in [5.74, 6) is 1.79. The summed E-state index contributed by atoms with van der Waals surface area (Å²) in [7, 11) is 0. The second kappa shape index (κ2) is 4.62. The number of aromatic nitrogens is 4. The molecule has 0 radical (unpaired) electrons. The van der Waals surface area contributed by atoms with E-state index in [1.807, 2.05) is 24.3 Å². The number of nitrogens with zero attached hydrogens (tertiary/aromatic N) is 4. The predicted molar refractivity (Wildman–Crippen MR) is 79.7 cm³/mol. The summed E-state index contributed by atoms with van der Waals surface area (Å²) in [6, 6.07) is 7.92. The quantitative estimate of drug-likeness (QED) is 0.707. The lowest BCUT2D eigenvalue weighted by Crippen LogP contribution is -2.20. The molecule has 3 heterocycles. The third-order valence-electron chi connectivity index (χ3n) is 3.48. The molecule has 7 heteroatoms. The Morgan fingerprint density at radius 1 is 1.24 bits per heavy atom. The number of aromatic amines is 1. The van der Waals surface area contributed by atoms with E-state index in [2.05, 4.69) is 24.8 Å². The minimum atomic E-state index is 0.215. The lowest BCUT2D eigenvalue weighted by molar-refractivity contribution is 0.322. The maximum atomic E-state index is 5.82. The van der Waals surface area contributed by atoms with Crippen molar-refractivity contribution in [3.05, 3.63) is 30.6 Å². The molecule has 106 valence electrons. The van der Waals surface area contributed by atoms with E-state index in [1.165, 1.54) is 0 Å². The number of fused-ring (bicyclic) bond motifs is 2. The number of rotatable bonds is 1. The minimum Gasteiger partial charge on any atom is -0.491 e. The van der Waals surface area contributed by atoms with Gasteiger partial charge in [-0.1, -0.05) is 12.1 Å². The Hall–Kier alpha value is -2.83. The minimum absolute atomic E-state index is 0.215. The molecular weight excluding hydrogens is 268 g/mol. The summed E-state index contributed by atoms with van der Waals surface area (Å²) < 4.78 is 5.78. The molecule has 0 fully saturated rings. The van der Waals surface area contributed by atoms with Crippen molar-refractivity contribution < 1.29 is 4.74 Å². The van der Waals surface area contributed by atoms with Crippen molar-refractivity contribution in [1.82, 2.24) is 19.9 Å². The van der Waals surface area contributed by atoms with Gasteiger partial charge in [-0.3, -0.25) is 0 Å². The Kier molecular flexibility index (Phi) is 2.63. The number of hydrogen-bond acceptors (Lipinski definition) is 6. The number of nitrogen functional groups attached to an aromatic ring is 1. The smallest absolute Gasteiger partial charge is 0.224 e. The number of nitrogens with two attached hydrogens (primary N) is 1. The molecule has 0 aliphatic carbocycles. The van der Waals surface area contributed by atoms with Gasteiger partial charge in [0.2, 0.25) is 5.95 Å². The first-order chi connectivity index (χ1) is 10.3.